The highest BCUT2D eigenvalue weighted by molar-refractivity contribution is 5.85. The van der Waals surface area contributed by atoms with E-state index in [1.807, 2.05) is 12.1 Å². The molecule has 1 aromatic rings. The molecular formula is C10H12ClNO. The van der Waals surface area contributed by atoms with Crippen LogP contribution in [0.15, 0.2) is 18.2 Å². The molecule has 1 N–H and O–H groups in total. The van der Waals surface area contributed by atoms with E-state index in [-0.39, 0.29) is 12.4 Å². The van der Waals surface area contributed by atoms with Crippen molar-refractivity contribution in [1.82, 2.24) is 5.32 Å². The van der Waals surface area contributed by atoms with Gasteiger partial charge in [-0.05, 0) is 30.2 Å². The van der Waals surface area contributed by atoms with Crippen LogP contribution in [-0.4, -0.2) is 12.8 Å². The lowest BCUT2D eigenvalue weighted by Crippen LogP contribution is -2.23. The zero-order valence-corrected chi connectivity index (χ0v) is 8.06. The van der Waals surface area contributed by atoms with Crippen molar-refractivity contribution in [3.8, 4) is 0 Å². The van der Waals surface area contributed by atoms with Crippen molar-refractivity contribution in [2.45, 2.75) is 13.0 Å². The maximum Gasteiger partial charge on any atom is 0.150 e. The Morgan fingerprint density at radius 3 is 2.92 bits per heavy atom. The minimum atomic E-state index is 0. The predicted molar refractivity (Wildman–Crippen MR) is 54.5 cm³/mol. The van der Waals surface area contributed by atoms with E-state index in [0.717, 1.165) is 31.4 Å². The summed E-state index contributed by atoms with van der Waals surface area (Å²) in [5.74, 6) is 0. The third-order valence-corrected chi connectivity index (χ3v) is 2.25. The lowest BCUT2D eigenvalue weighted by atomic mass is 9.99. The maximum atomic E-state index is 10.5. The fourth-order valence-corrected chi connectivity index (χ4v) is 1.57. The molecule has 0 saturated heterocycles. The Kier molecular flexibility index (Phi) is 3.46. The molecule has 0 bridgehead atoms. The van der Waals surface area contributed by atoms with E-state index in [2.05, 4.69) is 11.4 Å². The number of hydrogen-bond donors (Lipinski definition) is 1. The van der Waals surface area contributed by atoms with Gasteiger partial charge in [0.25, 0.3) is 0 Å². The van der Waals surface area contributed by atoms with Gasteiger partial charge in [-0.15, -0.1) is 12.4 Å². The van der Waals surface area contributed by atoms with Crippen LogP contribution in [0.2, 0.25) is 0 Å². The Bertz CT molecular complexity index is 312. The molecule has 1 aromatic carbocycles. The molecule has 0 fully saturated rings. The van der Waals surface area contributed by atoms with Gasteiger partial charge in [0.1, 0.15) is 6.29 Å². The largest absolute Gasteiger partial charge is 0.312 e. The van der Waals surface area contributed by atoms with Gasteiger partial charge < -0.3 is 5.32 Å². The Balaban J connectivity index is 0.000000845. The van der Waals surface area contributed by atoms with Crippen LogP contribution >= 0.6 is 12.4 Å². The van der Waals surface area contributed by atoms with Crippen LogP contribution in [0, 0.1) is 0 Å². The summed E-state index contributed by atoms with van der Waals surface area (Å²) < 4.78 is 0. The zero-order chi connectivity index (χ0) is 8.39. The van der Waals surface area contributed by atoms with E-state index in [1.165, 1.54) is 11.1 Å². The van der Waals surface area contributed by atoms with Crippen LogP contribution in [0.3, 0.4) is 0 Å². The first kappa shape index (κ1) is 10.2. The van der Waals surface area contributed by atoms with Crippen molar-refractivity contribution < 1.29 is 4.79 Å². The first-order valence-electron chi connectivity index (χ1n) is 4.18. The van der Waals surface area contributed by atoms with Crippen LogP contribution in [-0.2, 0) is 13.0 Å². The number of aldehydes is 1. The number of carbonyl (C=O) groups is 1. The SMILES string of the molecule is Cl.O=Cc1ccc2c(c1)CNCC2. The van der Waals surface area contributed by atoms with E-state index in [9.17, 15) is 4.79 Å². The molecule has 1 aliphatic rings. The van der Waals surface area contributed by atoms with Gasteiger partial charge in [0.05, 0.1) is 0 Å². The molecule has 0 unspecified atom stereocenters. The van der Waals surface area contributed by atoms with Crippen LogP contribution in [0.25, 0.3) is 0 Å². The normalized spacial score (nSPS) is 14.2. The number of halogens is 1. The first-order chi connectivity index (χ1) is 5.90. The van der Waals surface area contributed by atoms with Crippen molar-refractivity contribution >= 4 is 18.7 Å². The standard InChI is InChI=1S/C10H11NO.ClH/c12-7-8-1-2-9-3-4-11-6-10(9)5-8;/h1-2,5,7,11H,3-4,6H2;1H. The molecule has 0 radical (unpaired) electrons. The van der Waals surface area contributed by atoms with E-state index in [1.54, 1.807) is 0 Å². The summed E-state index contributed by atoms with van der Waals surface area (Å²) in [7, 11) is 0. The number of carbonyl (C=O) groups excluding carboxylic acids is 1. The minimum absolute atomic E-state index is 0. The van der Waals surface area contributed by atoms with Gasteiger partial charge in [-0.2, -0.15) is 0 Å². The summed E-state index contributed by atoms with van der Waals surface area (Å²) in [5, 5.41) is 3.28. The Hall–Kier alpha value is -0.860. The van der Waals surface area contributed by atoms with Crippen molar-refractivity contribution in [2.24, 2.45) is 0 Å². The lowest BCUT2D eigenvalue weighted by Gasteiger charge is -2.16. The summed E-state index contributed by atoms with van der Waals surface area (Å²) in [6.07, 6.45) is 1.98. The maximum absolute atomic E-state index is 10.5. The summed E-state index contributed by atoms with van der Waals surface area (Å²) in [4.78, 5) is 10.5. The molecule has 0 aromatic heterocycles. The summed E-state index contributed by atoms with van der Waals surface area (Å²) >= 11 is 0. The molecule has 0 saturated carbocycles. The second-order valence-electron chi connectivity index (χ2n) is 3.07. The molecule has 1 heterocycles. The Morgan fingerprint density at radius 1 is 1.31 bits per heavy atom. The van der Waals surface area contributed by atoms with Gasteiger partial charge >= 0.3 is 0 Å². The Morgan fingerprint density at radius 2 is 2.15 bits per heavy atom. The van der Waals surface area contributed by atoms with Crippen molar-refractivity contribution in [3.63, 3.8) is 0 Å². The average Bonchev–Trinajstić information content (AvgIpc) is 2.17. The summed E-state index contributed by atoms with van der Waals surface area (Å²) in [6.45, 7) is 1.95. The molecular weight excluding hydrogens is 186 g/mol. The Labute approximate surface area is 83.7 Å². The third kappa shape index (κ3) is 2.08. The third-order valence-electron chi connectivity index (χ3n) is 2.25. The van der Waals surface area contributed by atoms with E-state index >= 15 is 0 Å². The quantitative estimate of drug-likeness (QED) is 0.693. The number of rotatable bonds is 1. The van der Waals surface area contributed by atoms with Crippen LogP contribution < -0.4 is 5.32 Å². The van der Waals surface area contributed by atoms with Gasteiger partial charge in [-0.25, -0.2) is 0 Å². The number of nitrogens with one attached hydrogen (secondary N) is 1. The fourth-order valence-electron chi connectivity index (χ4n) is 1.57. The number of fused-ring (bicyclic) bond motifs is 1. The molecule has 0 aliphatic carbocycles. The molecule has 0 spiro atoms. The van der Waals surface area contributed by atoms with Crippen LogP contribution in [0.4, 0.5) is 0 Å². The van der Waals surface area contributed by atoms with Gasteiger partial charge in [0.2, 0.25) is 0 Å². The lowest BCUT2D eigenvalue weighted by molar-refractivity contribution is 0.112. The van der Waals surface area contributed by atoms with Crippen molar-refractivity contribution in [3.05, 3.63) is 34.9 Å². The summed E-state index contributed by atoms with van der Waals surface area (Å²) in [5.41, 5.74) is 3.42. The number of hydrogen-bond acceptors (Lipinski definition) is 2. The second-order valence-corrected chi connectivity index (χ2v) is 3.07. The highest BCUT2D eigenvalue weighted by atomic mass is 35.5. The van der Waals surface area contributed by atoms with Crippen LogP contribution in [0.1, 0.15) is 21.5 Å². The molecule has 70 valence electrons. The molecule has 3 heteroatoms. The molecule has 2 rings (SSSR count). The molecule has 0 atom stereocenters. The van der Waals surface area contributed by atoms with E-state index < -0.39 is 0 Å². The number of benzene rings is 1. The van der Waals surface area contributed by atoms with Crippen molar-refractivity contribution in [1.29, 1.82) is 0 Å². The molecule has 13 heavy (non-hydrogen) atoms. The first-order valence-corrected chi connectivity index (χ1v) is 4.18. The van der Waals surface area contributed by atoms with Gasteiger partial charge in [-0.3, -0.25) is 4.79 Å². The van der Waals surface area contributed by atoms with Crippen molar-refractivity contribution in [2.75, 3.05) is 6.54 Å². The molecule has 1 aliphatic heterocycles. The second kappa shape index (κ2) is 4.40. The van der Waals surface area contributed by atoms with E-state index in [4.69, 9.17) is 0 Å². The smallest absolute Gasteiger partial charge is 0.150 e. The van der Waals surface area contributed by atoms with Crippen LogP contribution in [0.5, 0.6) is 0 Å². The molecule has 2 nitrogen and oxygen atoms in total. The van der Waals surface area contributed by atoms with Gasteiger partial charge in [0, 0.05) is 12.1 Å². The highest BCUT2D eigenvalue weighted by Crippen LogP contribution is 2.14. The monoisotopic (exact) mass is 197 g/mol. The van der Waals surface area contributed by atoms with Gasteiger partial charge in [0.15, 0.2) is 0 Å². The fraction of sp³-hybridized carbons (Fsp3) is 0.300. The average molecular weight is 198 g/mol. The highest BCUT2D eigenvalue weighted by Gasteiger charge is 2.07. The zero-order valence-electron chi connectivity index (χ0n) is 7.25. The molecule has 0 amide bonds. The predicted octanol–water partition coefficient (Wildman–Crippen LogP) is 1.57. The van der Waals surface area contributed by atoms with Gasteiger partial charge in [-0.1, -0.05) is 12.1 Å². The topological polar surface area (TPSA) is 29.1 Å². The summed E-state index contributed by atoms with van der Waals surface area (Å²) in [6, 6.07) is 5.91. The minimum Gasteiger partial charge on any atom is -0.312 e. The van der Waals surface area contributed by atoms with E-state index in [0.29, 0.717) is 0 Å².